The maximum atomic E-state index is 13.6. The summed E-state index contributed by atoms with van der Waals surface area (Å²) in [6.07, 6.45) is 0. The second-order valence-electron chi connectivity index (χ2n) is 9.85. The molecule has 0 aliphatic rings. The van der Waals surface area contributed by atoms with Crippen LogP contribution in [0.4, 0.5) is 22.7 Å². The summed E-state index contributed by atoms with van der Waals surface area (Å²) < 4.78 is 60.8. The molecule has 0 aromatic heterocycles. The first-order valence-corrected chi connectivity index (χ1v) is 16.0. The molecular weight excluding hydrogens is 627 g/mol. The molecule has 5 rings (SSSR count). The van der Waals surface area contributed by atoms with E-state index in [1.54, 1.807) is 43.3 Å². The van der Waals surface area contributed by atoms with E-state index in [-0.39, 0.29) is 57.1 Å². The zero-order valence-corrected chi connectivity index (χ0v) is 28.0. The zero-order chi connectivity index (χ0) is 31.6. The summed E-state index contributed by atoms with van der Waals surface area (Å²) >= 11 is 0. The van der Waals surface area contributed by atoms with E-state index in [1.807, 2.05) is 19.1 Å². The Morgan fingerprint density at radius 2 is 1.49 bits per heavy atom. The molecule has 14 heteroatoms. The SMILES string of the molecule is Cc1ccc(S(=O)(=O)Nc2cccc(S(=O)(=O)O)c2)cc1N=Nc1c([O-])c(C(=O)Nc2ccccc2C)cc2ccccc12.[Na+]. The van der Waals surface area contributed by atoms with Crippen molar-refractivity contribution < 1.29 is 60.8 Å². The van der Waals surface area contributed by atoms with Crippen LogP contribution in [0.2, 0.25) is 0 Å². The van der Waals surface area contributed by atoms with Crippen LogP contribution in [0.1, 0.15) is 21.5 Å². The normalized spacial score (nSPS) is 11.7. The van der Waals surface area contributed by atoms with Crippen LogP contribution in [0.15, 0.2) is 117 Å². The number of nitrogens with zero attached hydrogens (tertiary/aromatic N) is 2. The third kappa shape index (κ3) is 7.59. The number of hydrogen-bond donors (Lipinski definition) is 3. The summed E-state index contributed by atoms with van der Waals surface area (Å²) in [7, 11) is -8.78. The predicted molar refractivity (Wildman–Crippen MR) is 165 cm³/mol. The first-order chi connectivity index (χ1) is 20.8. The minimum absolute atomic E-state index is 0. The number of amides is 1. The van der Waals surface area contributed by atoms with Crippen molar-refractivity contribution in [1.29, 1.82) is 0 Å². The number of rotatable bonds is 8. The molecule has 0 unspecified atom stereocenters. The Kier molecular flexibility index (Phi) is 10.1. The Morgan fingerprint density at radius 1 is 0.778 bits per heavy atom. The number of carbonyl (C=O) groups excluding carboxylic acids is 1. The second-order valence-corrected chi connectivity index (χ2v) is 13.0. The Hall–Kier alpha value is -4.11. The number of hydrogen-bond acceptors (Lipinski definition) is 8. The Morgan fingerprint density at radius 3 is 2.22 bits per heavy atom. The summed E-state index contributed by atoms with van der Waals surface area (Å²) in [5.74, 6) is -1.26. The van der Waals surface area contributed by atoms with E-state index in [0.29, 0.717) is 22.0 Å². The van der Waals surface area contributed by atoms with Gasteiger partial charge in [-0.05, 0) is 72.8 Å². The number of fused-ring (bicyclic) bond motifs is 1. The first kappa shape index (κ1) is 33.8. The predicted octanol–water partition coefficient (Wildman–Crippen LogP) is 3.25. The molecule has 0 aliphatic carbocycles. The van der Waals surface area contributed by atoms with Crippen LogP contribution in [0.5, 0.6) is 5.75 Å². The third-order valence-corrected chi connectivity index (χ3v) is 8.97. The molecule has 0 fully saturated rings. The molecule has 5 aromatic rings. The monoisotopic (exact) mass is 652 g/mol. The summed E-state index contributed by atoms with van der Waals surface area (Å²) in [6, 6.07) is 24.3. The molecule has 224 valence electrons. The van der Waals surface area contributed by atoms with Crippen LogP contribution in [0.3, 0.4) is 0 Å². The van der Waals surface area contributed by atoms with E-state index in [1.165, 1.54) is 36.4 Å². The van der Waals surface area contributed by atoms with Crippen molar-refractivity contribution in [3.05, 3.63) is 114 Å². The molecule has 11 nitrogen and oxygen atoms in total. The molecule has 0 heterocycles. The van der Waals surface area contributed by atoms with Crippen LogP contribution in [-0.2, 0) is 20.1 Å². The van der Waals surface area contributed by atoms with Gasteiger partial charge in [-0.15, -0.1) is 0 Å². The maximum Gasteiger partial charge on any atom is 1.00 e. The number of anilines is 2. The Bertz CT molecular complexity index is 2190. The molecule has 0 saturated heterocycles. The van der Waals surface area contributed by atoms with Crippen LogP contribution < -0.4 is 44.7 Å². The summed E-state index contributed by atoms with van der Waals surface area (Å²) in [5.41, 5.74) is 1.74. The number of azo groups is 1. The number of carbonyl (C=O) groups is 1. The van der Waals surface area contributed by atoms with Crippen molar-refractivity contribution in [2.75, 3.05) is 10.0 Å². The molecule has 3 N–H and O–H groups in total. The van der Waals surface area contributed by atoms with Crippen molar-refractivity contribution in [3.63, 3.8) is 0 Å². The van der Waals surface area contributed by atoms with E-state index >= 15 is 0 Å². The Balaban J connectivity index is 0.00000461. The molecule has 0 aliphatic heterocycles. The van der Waals surface area contributed by atoms with E-state index in [9.17, 15) is 31.3 Å². The van der Waals surface area contributed by atoms with Crippen LogP contribution in [-0.4, -0.2) is 27.3 Å². The fraction of sp³-hybridized carbons (Fsp3) is 0.0645. The topological polar surface area (TPSA) is 177 Å². The van der Waals surface area contributed by atoms with Crippen LogP contribution in [0.25, 0.3) is 10.8 Å². The largest absolute Gasteiger partial charge is 1.00 e. The Labute approximate surface area is 282 Å². The van der Waals surface area contributed by atoms with Crippen molar-refractivity contribution in [1.82, 2.24) is 0 Å². The number of sulfonamides is 1. The van der Waals surface area contributed by atoms with E-state index in [0.717, 1.165) is 17.7 Å². The average molecular weight is 653 g/mol. The summed E-state index contributed by atoms with van der Waals surface area (Å²) in [5, 5.41) is 25.8. The van der Waals surface area contributed by atoms with E-state index in [2.05, 4.69) is 20.3 Å². The van der Waals surface area contributed by atoms with Gasteiger partial charge in [0, 0.05) is 16.6 Å². The quantitative estimate of drug-likeness (QED) is 0.131. The average Bonchev–Trinajstić information content (AvgIpc) is 2.97. The summed E-state index contributed by atoms with van der Waals surface area (Å²) in [4.78, 5) is 12.5. The van der Waals surface area contributed by atoms with Gasteiger partial charge in [-0.25, -0.2) is 8.42 Å². The smallest absolute Gasteiger partial charge is 0.870 e. The van der Waals surface area contributed by atoms with Gasteiger partial charge in [-0.1, -0.05) is 60.3 Å². The molecular formula is C31H25N4NaO7S2. The molecule has 0 atom stereocenters. The van der Waals surface area contributed by atoms with Crippen molar-refractivity contribution >= 4 is 59.6 Å². The van der Waals surface area contributed by atoms with Crippen LogP contribution in [0, 0.1) is 13.8 Å². The second kappa shape index (κ2) is 13.5. The summed E-state index contributed by atoms with van der Waals surface area (Å²) in [6.45, 7) is 3.51. The third-order valence-electron chi connectivity index (χ3n) is 6.75. The van der Waals surface area contributed by atoms with Gasteiger partial charge in [-0.3, -0.25) is 14.1 Å². The molecule has 1 amide bonds. The fourth-order valence-corrected chi connectivity index (χ4v) is 5.98. The first-order valence-electron chi connectivity index (χ1n) is 13.1. The standard InChI is InChI=1S/C31H26N4O7S2.Na/c1-19-8-3-6-13-27(19)32-31(37)26-16-21-9-4-5-12-25(21)29(30(26)36)34-33-28-18-23(15-14-20(28)2)43(38,39)35-22-10-7-11-24(17-22)44(40,41)42;/h3-18,35-36H,1-2H3,(H,32,37)(H,40,41,42);/q;+1/p-1. The van der Waals surface area contributed by atoms with Crippen LogP contribution >= 0.6 is 0 Å². The van der Waals surface area contributed by atoms with Gasteiger partial charge in [0.25, 0.3) is 26.0 Å². The van der Waals surface area contributed by atoms with Gasteiger partial charge in [0.05, 0.1) is 26.9 Å². The molecule has 45 heavy (non-hydrogen) atoms. The number of nitrogens with one attached hydrogen (secondary N) is 2. The van der Waals surface area contributed by atoms with Gasteiger partial charge in [0.2, 0.25) is 0 Å². The number of aryl methyl sites for hydroxylation is 2. The van der Waals surface area contributed by atoms with Crippen molar-refractivity contribution in [2.45, 2.75) is 23.6 Å². The number of benzene rings is 5. The fourth-order valence-electron chi connectivity index (χ4n) is 4.38. The van der Waals surface area contributed by atoms with Crippen molar-refractivity contribution in [2.24, 2.45) is 10.2 Å². The minimum Gasteiger partial charge on any atom is -0.870 e. The molecule has 0 bridgehead atoms. The van der Waals surface area contributed by atoms with Crippen molar-refractivity contribution in [3.8, 4) is 5.75 Å². The van der Waals surface area contributed by atoms with Gasteiger partial charge in [0.15, 0.2) is 0 Å². The van der Waals surface area contributed by atoms with E-state index < -0.39 is 36.7 Å². The van der Waals surface area contributed by atoms with E-state index in [4.69, 9.17) is 0 Å². The van der Waals surface area contributed by atoms with Gasteiger partial charge in [-0.2, -0.15) is 18.6 Å². The number of para-hydroxylation sites is 1. The van der Waals surface area contributed by atoms with Gasteiger partial charge in [0.1, 0.15) is 0 Å². The minimum atomic E-state index is -4.55. The molecule has 5 aromatic carbocycles. The van der Waals surface area contributed by atoms with Gasteiger partial charge >= 0.3 is 29.6 Å². The maximum absolute atomic E-state index is 13.6. The molecule has 0 spiro atoms. The molecule has 0 radical (unpaired) electrons. The molecule has 0 saturated carbocycles. The van der Waals surface area contributed by atoms with Gasteiger partial charge < -0.3 is 10.4 Å². The zero-order valence-electron chi connectivity index (χ0n) is 24.3.